The maximum atomic E-state index is 13.3. The Morgan fingerprint density at radius 3 is 2.61 bits per heavy atom. The molecule has 33 heavy (non-hydrogen) atoms. The van der Waals surface area contributed by atoms with Gasteiger partial charge in [-0.1, -0.05) is 24.4 Å². The third-order valence-corrected chi connectivity index (χ3v) is 6.28. The first-order valence-corrected chi connectivity index (χ1v) is 11.5. The van der Waals surface area contributed by atoms with Crippen LogP contribution in [0.4, 0.5) is 5.82 Å². The molecule has 174 valence electrons. The predicted molar refractivity (Wildman–Crippen MR) is 124 cm³/mol. The zero-order chi connectivity index (χ0) is 23.4. The van der Waals surface area contributed by atoms with E-state index in [-0.39, 0.29) is 17.7 Å². The summed E-state index contributed by atoms with van der Waals surface area (Å²) in [5.41, 5.74) is 3.01. The minimum Gasteiger partial charge on any atom is -0.361 e. The van der Waals surface area contributed by atoms with Gasteiger partial charge in [-0.15, -0.1) is 0 Å². The maximum Gasteiger partial charge on any atom is 0.270 e. The molecule has 4 rings (SSSR count). The van der Waals surface area contributed by atoms with Gasteiger partial charge in [-0.25, -0.2) is 4.98 Å². The number of amides is 2. The molecule has 0 bridgehead atoms. The number of nitrogens with one attached hydrogen (secondary N) is 2. The number of hydrogen-bond acceptors (Lipinski definition) is 6. The van der Waals surface area contributed by atoms with Gasteiger partial charge in [0.1, 0.15) is 23.3 Å². The van der Waals surface area contributed by atoms with Gasteiger partial charge in [-0.3, -0.25) is 14.3 Å². The summed E-state index contributed by atoms with van der Waals surface area (Å²) in [7, 11) is 0. The van der Waals surface area contributed by atoms with E-state index in [1.807, 2.05) is 26.8 Å². The van der Waals surface area contributed by atoms with Gasteiger partial charge >= 0.3 is 0 Å². The SMILES string of the molecule is CCn1nccc1C(=O)N[C@H](C(=O)Nc1ccc(-c2c(C)noc2C)cn1)C1CCCCC1. The Morgan fingerprint density at radius 1 is 1.18 bits per heavy atom. The number of carbonyl (C=O) groups excluding carboxylic acids is 2. The van der Waals surface area contributed by atoms with E-state index in [0.717, 1.165) is 54.7 Å². The fourth-order valence-electron chi connectivity index (χ4n) is 4.57. The molecule has 9 heteroatoms. The van der Waals surface area contributed by atoms with Crippen LogP contribution >= 0.6 is 0 Å². The second-order valence-electron chi connectivity index (χ2n) is 8.50. The van der Waals surface area contributed by atoms with Crippen LogP contribution in [0.1, 0.15) is 61.0 Å². The second-order valence-corrected chi connectivity index (χ2v) is 8.50. The van der Waals surface area contributed by atoms with Gasteiger partial charge in [0.2, 0.25) is 5.91 Å². The van der Waals surface area contributed by atoms with Crippen LogP contribution in [0.2, 0.25) is 0 Å². The molecule has 0 saturated heterocycles. The molecule has 2 amide bonds. The summed E-state index contributed by atoms with van der Waals surface area (Å²) in [4.78, 5) is 30.6. The van der Waals surface area contributed by atoms with Crippen molar-refractivity contribution in [1.29, 1.82) is 0 Å². The van der Waals surface area contributed by atoms with Crippen LogP contribution in [0.15, 0.2) is 35.1 Å². The number of carbonyl (C=O) groups is 2. The van der Waals surface area contributed by atoms with Gasteiger partial charge in [0.15, 0.2) is 0 Å². The molecule has 1 aliphatic rings. The van der Waals surface area contributed by atoms with E-state index in [1.165, 1.54) is 0 Å². The number of aryl methyl sites for hydroxylation is 3. The monoisotopic (exact) mass is 450 g/mol. The third kappa shape index (κ3) is 4.97. The molecule has 0 radical (unpaired) electrons. The lowest BCUT2D eigenvalue weighted by Gasteiger charge is -2.30. The molecule has 1 atom stereocenters. The third-order valence-electron chi connectivity index (χ3n) is 6.28. The predicted octanol–water partition coefficient (Wildman–Crippen LogP) is 3.89. The number of pyridine rings is 1. The van der Waals surface area contributed by atoms with Crippen molar-refractivity contribution < 1.29 is 14.1 Å². The van der Waals surface area contributed by atoms with Gasteiger partial charge < -0.3 is 15.2 Å². The van der Waals surface area contributed by atoms with E-state index in [4.69, 9.17) is 4.52 Å². The van der Waals surface area contributed by atoms with Crippen LogP contribution in [0.25, 0.3) is 11.1 Å². The fourth-order valence-corrected chi connectivity index (χ4v) is 4.57. The highest BCUT2D eigenvalue weighted by Crippen LogP contribution is 2.29. The van der Waals surface area contributed by atoms with Crippen molar-refractivity contribution in [1.82, 2.24) is 25.2 Å². The molecule has 2 N–H and O–H groups in total. The molecule has 3 aromatic heterocycles. The summed E-state index contributed by atoms with van der Waals surface area (Å²) < 4.78 is 6.86. The average Bonchev–Trinajstić information content (AvgIpc) is 3.44. The first-order valence-electron chi connectivity index (χ1n) is 11.5. The Kier molecular flexibility index (Phi) is 6.86. The molecule has 1 fully saturated rings. The molecule has 3 heterocycles. The van der Waals surface area contributed by atoms with Crippen LogP contribution in [-0.4, -0.2) is 37.8 Å². The van der Waals surface area contributed by atoms with Gasteiger partial charge in [0.05, 0.1) is 5.69 Å². The topological polar surface area (TPSA) is 115 Å². The van der Waals surface area contributed by atoms with Gasteiger partial charge in [-0.2, -0.15) is 5.10 Å². The van der Waals surface area contributed by atoms with E-state index < -0.39 is 6.04 Å². The molecule has 0 aromatic carbocycles. The summed E-state index contributed by atoms with van der Waals surface area (Å²) in [6.45, 7) is 6.24. The van der Waals surface area contributed by atoms with Crippen molar-refractivity contribution in [3.05, 3.63) is 47.7 Å². The lowest BCUT2D eigenvalue weighted by molar-refractivity contribution is -0.119. The molecule has 0 unspecified atom stereocenters. The average molecular weight is 451 g/mol. The minimum absolute atomic E-state index is 0.0854. The Morgan fingerprint density at radius 2 is 1.97 bits per heavy atom. The summed E-state index contributed by atoms with van der Waals surface area (Å²) >= 11 is 0. The van der Waals surface area contributed by atoms with E-state index in [2.05, 4.69) is 25.9 Å². The number of anilines is 1. The van der Waals surface area contributed by atoms with Crippen molar-refractivity contribution in [2.45, 2.75) is 65.5 Å². The Labute approximate surface area is 192 Å². The van der Waals surface area contributed by atoms with E-state index in [0.29, 0.717) is 18.1 Å². The second kappa shape index (κ2) is 9.97. The molecular formula is C24H30N6O3. The highest BCUT2D eigenvalue weighted by atomic mass is 16.5. The quantitative estimate of drug-likeness (QED) is 0.564. The number of hydrogen-bond donors (Lipinski definition) is 2. The largest absolute Gasteiger partial charge is 0.361 e. The standard InChI is InChI=1S/C24H30N6O3/c1-4-30-19(12-13-26-30)23(31)28-22(17-8-6-5-7-9-17)24(32)27-20-11-10-18(14-25-20)21-15(2)29-33-16(21)3/h10-14,17,22H,4-9H2,1-3H3,(H,28,31)(H,25,27,32)/t22-/m0/s1. The zero-order valence-electron chi connectivity index (χ0n) is 19.3. The van der Waals surface area contributed by atoms with Gasteiger partial charge in [0.25, 0.3) is 5.91 Å². The van der Waals surface area contributed by atoms with Crippen LogP contribution in [-0.2, 0) is 11.3 Å². The molecule has 1 aliphatic carbocycles. The van der Waals surface area contributed by atoms with Crippen molar-refractivity contribution in [2.24, 2.45) is 5.92 Å². The first kappa shape index (κ1) is 22.7. The summed E-state index contributed by atoms with van der Waals surface area (Å²) in [6, 6.07) is 4.67. The highest BCUT2D eigenvalue weighted by Gasteiger charge is 2.32. The molecule has 3 aromatic rings. The zero-order valence-corrected chi connectivity index (χ0v) is 19.3. The lowest BCUT2D eigenvalue weighted by atomic mass is 9.83. The normalized spacial score (nSPS) is 15.2. The van der Waals surface area contributed by atoms with Crippen molar-refractivity contribution in [2.75, 3.05) is 5.32 Å². The smallest absolute Gasteiger partial charge is 0.270 e. The summed E-state index contributed by atoms with van der Waals surface area (Å²) in [6.07, 6.45) is 8.37. The summed E-state index contributed by atoms with van der Waals surface area (Å²) in [5.74, 6) is 0.695. The molecule has 1 saturated carbocycles. The Hall–Kier alpha value is -3.49. The number of aromatic nitrogens is 4. The maximum absolute atomic E-state index is 13.3. The lowest BCUT2D eigenvalue weighted by Crippen LogP contribution is -2.49. The number of rotatable bonds is 7. The number of nitrogens with zero attached hydrogens (tertiary/aromatic N) is 4. The minimum atomic E-state index is -0.637. The highest BCUT2D eigenvalue weighted by molar-refractivity contribution is 6.00. The molecular weight excluding hydrogens is 420 g/mol. The summed E-state index contributed by atoms with van der Waals surface area (Å²) in [5, 5.41) is 14.0. The van der Waals surface area contributed by atoms with Crippen LogP contribution < -0.4 is 10.6 Å². The van der Waals surface area contributed by atoms with Crippen molar-refractivity contribution >= 4 is 17.6 Å². The van der Waals surface area contributed by atoms with Gasteiger partial charge in [-0.05, 0) is 57.7 Å². The van der Waals surface area contributed by atoms with Crippen molar-refractivity contribution in [3.63, 3.8) is 0 Å². The first-order chi connectivity index (χ1) is 16.0. The van der Waals surface area contributed by atoms with Crippen LogP contribution in [0.5, 0.6) is 0 Å². The Balaban J connectivity index is 1.51. The van der Waals surface area contributed by atoms with E-state index in [1.54, 1.807) is 29.2 Å². The Bertz CT molecular complexity index is 1090. The molecule has 9 nitrogen and oxygen atoms in total. The van der Waals surface area contributed by atoms with Crippen LogP contribution in [0.3, 0.4) is 0 Å². The molecule has 0 spiro atoms. The van der Waals surface area contributed by atoms with Gasteiger partial charge in [0, 0.05) is 30.1 Å². The van der Waals surface area contributed by atoms with E-state index in [9.17, 15) is 9.59 Å². The van der Waals surface area contributed by atoms with Crippen LogP contribution in [0, 0.1) is 19.8 Å². The molecule has 0 aliphatic heterocycles. The van der Waals surface area contributed by atoms with Crippen molar-refractivity contribution in [3.8, 4) is 11.1 Å². The van der Waals surface area contributed by atoms with E-state index >= 15 is 0 Å². The fraction of sp³-hybridized carbons (Fsp3) is 0.458.